The van der Waals surface area contributed by atoms with Gasteiger partial charge in [0.2, 0.25) is 0 Å². The molecule has 1 aromatic rings. The van der Waals surface area contributed by atoms with Gasteiger partial charge in [0.1, 0.15) is 0 Å². The Morgan fingerprint density at radius 3 is 1.23 bits per heavy atom. The lowest BCUT2D eigenvalue weighted by Gasteiger charge is -2.27. The third-order valence-corrected chi connectivity index (χ3v) is 2.72. The maximum Gasteiger partial charge on any atom is 0.458 e. The van der Waals surface area contributed by atoms with Crippen molar-refractivity contribution in [1.29, 1.82) is 0 Å². The lowest BCUT2D eigenvalue weighted by Crippen LogP contribution is -2.38. The first-order valence-corrected chi connectivity index (χ1v) is 5.30. The summed E-state index contributed by atoms with van der Waals surface area (Å²) in [6, 6.07) is 0.243. The second kappa shape index (κ2) is 5.28. The Balaban J connectivity index is 3.66. The normalized spacial score (nSPS) is 14.3. The molecule has 126 valence electrons. The zero-order chi connectivity index (χ0) is 17.6. The van der Waals surface area contributed by atoms with E-state index < -0.39 is 47.5 Å². The third-order valence-electron chi connectivity index (χ3n) is 2.72. The van der Waals surface area contributed by atoms with E-state index in [9.17, 15) is 43.9 Å². The Morgan fingerprint density at radius 1 is 0.682 bits per heavy atom. The van der Waals surface area contributed by atoms with Crippen LogP contribution in [0.3, 0.4) is 0 Å². The van der Waals surface area contributed by atoms with Crippen LogP contribution in [-0.4, -0.2) is 17.5 Å². The van der Waals surface area contributed by atoms with E-state index in [1.807, 2.05) is 0 Å². The van der Waals surface area contributed by atoms with Crippen LogP contribution in [0.4, 0.5) is 43.9 Å². The molecule has 1 rings (SSSR count). The van der Waals surface area contributed by atoms with Gasteiger partial charge in [-0.2, -0.15) is 43.9 Å². The summed E-state index contributed by atoms with van der Waals surface area (Å²) >= 11 is 0. The van der Waals surface area contributed by atoms with Gasteiger partial charge < -0.3 is 5.11 Å². The van der Waals surface area contributed by atoms with E-state index in [-0.39, 0.29) is 18.2 Å². The van der Waals surface area contributed by atoms with Crippen LogP contribution in [-0.2, 0) is 18.5 Å². The molecule has 22 heavy (non-hydrogen) atoms. The SMILES string of the molecule is OCc1c(C(F)(F)C(F)(F)F)cccc1C(F)(F)C(F)(F)F. The van der Waals surface area contributed by atoms with Crippen LogP contribution in [0.1, 0.15) is 16.7 Å². The Kier molecular flexibility index (Phi) is 4.45. The molecule has 0 bridgehead atoms. The Morgan fingerprint density at radius 2 is 1.00 bits per heavy atom. The summed E-state index contributed by atoms with van der Waals surface area (Å²) in [6.07, 6.45) is -12.5. The maximum absolute atomic E-state index is 13.2. The molecule has 0 amide bonds. The van der Waals surface area contributed by atoms with Gasteiger partial charge in [-0.3, -0.25) is 0 Å². The molecule has 1 aromatic carbocycles. The Bertz CT molecular complexity index is 499. The summed E-state index contributed by atoms with van der Waals surface area (Å²) in [7, 11) is 0. The van der Waals surface area contributed by atoms with Crippen molar-refractivity contribution in [2.45, 2.75) is 30.8 Å². The van der Waals surface area contributed by atoms with Crippen LogP contribution >= 0.6 is 0 Å². The molecule has 0 fully saturated rings. The molecule has 0 aromatic heterocycles. The van der Waals surface area contributed by atoms with E-state index in [1.165, 1.54) is 0 Å². The Labute approximate surface area is 116 Å². The van der Waals surface area contributed by atoms with Gasteiger partial charge in [0.25, 0.3) is 0 Å². The molecule has 0 spiro atoms. The average Bonchev–Trinajstić information content (AvgIpc) is 2.34. The minimum absolute atomic E-state index is 0.0228. The summed E-state index contributed by atoms with van der Waals surface area (Å²) < 4.78 is 126. The minimum atomic E-state index is -6.23. The van der Waals surface area contributed by atoms with E-state index in [4.69, 9.17) is 5.11 Å². The molecule has 0 saturated heterocycles. The maximum atomic E-state index is 13.2. The molecular weight excluding hydrogens is 338 g/mol. The van der Waals surface area contributed by atoms with Crippen LogP contribution in [0.5, 0.6) is 0 Å². The fourth-order valence-corrected chi connectivity index (χ4v) is 1.65. The molecule has 0 aliphatic rings. The highest BCUT2D eigenvalue weighted by Gasteiger charge is 2.63. The number of aliphatic hydroxyl groups excluding tert-OH is 1. The second-order valence-electron chi connectivity index (χ2n) is 4.13. The monoisotopic (exact) mass is 344 g/mol. The first kappa shape index (κ1) is 18.5. The molecule has 1 N–H and O–H groups in total. The van der Waals surface area contributed by atoms with Crippen molar-refractivity contribution in [3.8, 4) is 0 Å². The summed E-state index contributed by atoms with van der Waals surface area (Å²) in [5.74, 6) is -11.4. The van der Waals surface area contributed by atoms with Gasteiger partial charge in [-0.25, -0.2) is 0 Å². The van der Waals surface area contributed by atoms with Crippen LogP contribution in [0, 0.1) is 0 Å². The summed E-state index contributed by atoms with van der Waals surface area (Å²) in [6.45, 7) is -1.86. The zero-order valence-electron chi connectivity index (χ0n) is 10.2. The van der Waals surface area contributed by atoms with Crippen molar-refractivity contribution in [3.05, 3.63) is 34.9 Å². The van der Waals surface area contributed by atoms with Crippen molar-refractivity contribution in [3.63, 3.8) is 0 Å². The van der Waals surface area contributed by atoms with Gasteiger partial charge in [0.15, 0.2) is 0 Å². The van der Waals surface area contributed by atoms with Crippen molar-refractivity contribution >= 4 is 0 Å². The molecule has 1 nitrogen and oxygen atoms in total. The largest absolute Gasteiger partial charge is 0.458 e. The van der Waals surface area contributed by atoms with Crippen molar-refractivity contribution in [1.82, 2.24) is 0 Å². The molecule has 0 aliphatic carbocycles. The average molecular weight is 344 g/mol. The van der Waals surface area contributed by atoms with E-state index in [1.54, 1.807) is 0 Å². The van der Waals surface area contributed by atoms with E-state index in [2.05, 4.69) is 0 Å². The van der Waals surface area contributed by atoms with Crippen LogP contribution in [0.15, 0.2) is 18.2 Å². The number of halogens is 10. The first-order chi connectivity index (χ1) is 9.68. The van der Waals surface area contributed by atoms with Crippen LogP contribution in [0.25, 0.3) is 0 Å². The molecular formula is C11H6F10O. The highest BCUT2D eigenvalue weighted by molar-refractivity contribution is 5.41. The molecule has 0 unspecified atom stereocenters. The lowest BCUT2D eigenvalue weighted by molar-refractivity contribution is -0.293. The van der Waals surface area contributed by atoms with Crippen LogP contribution in [0.2, 0.25) is 0 Å². The third kappa shape index (κ3) is 2.85. The van der Waals surface area contributed by atoms with Gasteiger partial charge in [0.05, 0.1) is 6.61 Å². The zero-order valence-corrected chi connectivity index (χ0v) is 10.2. The van der Waals surface area contributed by atoms with Crippen LogP contribution < -0.4 is 0 Å². The quantitative estimate of drug-likeness (QED) is 0.802. The lowest BCUT2D eigenvalue weighted by atomic mass is 9.93. The summed E-state index contributed by atoms with van der Waals surface area (Å²) in [5, 5.41) is 8.76. The highest BCUT2D eigenvalue weighted by atomic mass is 19.4. The van der Waals surface area contributed by atoms with E-state index >= 15 is 0 Å². The summed E-state index contributed by atoms with van der Waals surface area (Å²) in [5.41, 5.74) is -6.15. The standard InChI is InChI=1S/C11H6F10O/c12-8(13,10(16,17)18)6-2-1-3-7(5(6)4-22)9(14,15)11(19,20)21/h1-3,22H,4H2. The van der Waals surface area contributed by atoms with Crippen molar-refractivity contribution in [2.24, 2.45) is 0 Å². The molecule has 0 saturated carbocycles. The van der Waals surface area contributed by atoms with Gasteiger partial charge in [0, 0.05) is 11.1 Å². The molecule has 0 aliphatic heterocycles. The second-order valence-corrected chi connectivity index (χ2v) is 4.13. The molecule has 0 radical (unpaired) electrons. The van der Waals surface area contributed by atoms with Crippen molar-refractivity contribution < 1.29 is 49.0 Å². The molecule has 11 heteroatoms. The molecule has 0 heterocycles. The predicted octanol–water partition coefficient (Wildman–Crippen LogP) is 4.49. The number of hydrogen-bond donors (Lipinski definition) is 1. The Hall–Kier alpha value is -1.52. The van der Waals surface area contributed by atoms with Gasteiger partial charge in [-0.05, 0) is 5.56 Å². The minimum Gasteiger partial charge on any atom is -0.392 e. The topological polar surface area (TPSA) is 20.2 Å². The number of hydrogen-bond acceptors (Lipinski definition) is 1. The predicted molar refractivity (Wildman–Crippen MR) is 52.3 cm³/mol. The number of aliphatic hydroxyl groups is 1. The smallest absolute Gasteiger partial charge is 0.392 e. The fraction of sp³-hybridized carbons (Fsp3) is 0.455. The summed E-state index contributed by atoms with van der Waals surface area (Å²) in [4.78, 5) is 0. The van der Waals surface area contributed by atoms with Gasteiger partial charge >= 0.3 is 24.2 Å². The number of benzene rings is 1. The first-order valence-electron chi connectivity index (χ1n) is 5.30. The van der Waals surface area contributed by atoms with E-state index in [0.29, 0.717) is 0 Å². The van der Waals surface area contributed by atoms with Gasteiger partial charge in [-0.15, -0.1) is 0 Å². The molecule has 0 atom stereocenters. The fourth-order valence-electron chi connectivity index (χ4n) is 1.65. The highest BCUT2D eigenvalue weighted by Crippen LogP contribution is 2.50. The number of rotatable bonds is 3. The van der Waals surface area contributed by atoms with E-state index in [0.717, 1.165) is 0 Å². The van der Waals surface area contributed by atoms with Crippen molar-refractivity contribution in [2.75, 3.05) is 0 Å². The number of alkyl halides is 10. The van der Waals surface area contributed by atoms with Gasteiger partial charge in [-0.1, -0.05) is 18.2 Å².